The standard InChI is InChI=1S/C10H13N3O2/c1-7-3-8(2)12-10(11-7)13-4-9(5-14)15-6-13/h3,5,9H,4,6H2,1-2H3. The zero-order valence-corrected chi connectivity index (χ0v) is 8.80. The first-order chi connectivity index (χ1) is 7.19. The highest BCUT2D eigenvalue weighted by Crippen LogP contribution is 2.15. The number of nitrogens with zero attached hydrogens (tertiary/aromatic N) is 3. The molecular formula is C10H13N3O2. The topological polar surface area (TPSA) is 55.3 Å². The number of aldehydes is 1. The molecule has 5 heteroatoms. The van der Waals surface area contributed by atoms with Crippen LogP contribution in [0.25, 0.3) is 0 Å². The highest BCUT2D eigenvalue weighted by atomic mass is 16.5. The van der Waals surface area contributed by atoms with Crippen LogP contribution in [0.4, 0.5) is 5.95 Å². The molecule has 1 aliphatic heterocycles. The van der Waals surface area contributed by atoms with Gasteiger partial charge in [-0.1, -0.05) is 0 Å². The lowest BCUT2D eigenvalue weighted by Gasteiger charge is -2.13. The van der Waals surface area contributed by atoms with Crippen molar-refractivity contribution in [2.45, 2.75) is 20.0 Å². The van der Waals surface area contributed by atoms with Crippen molar-refractivity contribution >= 4 is 12.2 Å². The van der Waals surface area contributed by atoms with Crippen molar-refractivity contribution in [1.29, 1.82) is 0 Å². The van der Waals surface area contributed by atoms with Crippen LogP contribution in [0.15, 0.2) is 6.07 Å². The summed E-state index contributed by atoms with van der Waals surface area (Å²) in [4.78, 5) is 21.0. The summed E-state index contributed by atoms with van der Waals surface area (Å²) in [6.45, 7) is 4.76. The summed E-state index contributed by atoms with van der Waals surface area (Å²) in [5, 5.41) is 0. The fraction of sp³-hybridized carbons (Fsp3) is 0.500. The first kappa shape index (κ1) is 10.0. The first-order valence-corrected chi connectivity index (χ1v) is 4.83. The molecule has 1 aromatic rings. The Morgan fingerprint density at radius 2 is 2.13 bits per heavy atom. The lowest BCUT2D eigenvalue weighted by molar-refractivity contribution is -0.115. The molecule has 0 aromatic carbocycles. The zero-order valence-electron chi connectivity index (χ0n) is 8.80. The Hall–Kier alpha value is -1.49. The van der Waals surface area contributed by atoms with Gasteiger partial charge in [0.1, 0.15) is 12.8 Å². The Balaban J connectivity index is 2.19. The molecule has 1 aliphatic rings. The summed E-state index contributed by atoms with van der Waals surface area (Å²) in [7, 11) is 0. The van der Waals surface area contributed by atoms with E-state index in [1.165, 1.54) is 0 Å². The van der Waals surface area contributed by atoms with E-state index in [-0.39, 0.29) is 6.10 Å². The fourth-order valence-corrected chi connectivity index (χ4v) is 1.58. The van der Waals surface area contributed by atoms with Gasteiger partial charge in [0, 0.05) is 11.4 Å². The Kier molecular flexibility index (Phi) is 2.64. The molecule has 1 aromatic heterocycles. The van der Waals surface area contributed by atoms with Crippen molar-refractivity contribution < 1.29 is 9.53 Å². The van der Waals surface area contributed by atoms with Crippen LogP contribution in [-0.2, 0) is 9.53 Å². The summed E-state index contributed by atoms with van der Waals surface area (Å²) >= 11 is 0. The summed E-state index contributed by atoms with van der Waals surface area (Å²) in [6, 6.07) is 1.91. The molecule has 0 radical (unpaired) electrons. The lowest BCUT2D eigenvalue weighted by Crippen LogP contribution is -2.24. The summed E-state index contributed by atoms with van der Waals surface area (Å²) in [5.41, 5.74) is 1.85. The van der Waals surface area contributed by atoms with E-state index in [1.54, 1.807) is 0 Å². The molecule has 0 bridgehead atoms. The second-order valence-corrected chi connectivity index (χ2v) is 3.64. The molecule has 0 aliphatic carbocycles. The Bertz CT molecular complexity index is 361. The highest BCUT2D eigenvalue weighted by molar-refractivity contribution is 5.58. The Labute approximate surface area is 88.1 Å². The molecule has 2 rings (SSSR count). The molecular weight excluding hydrogens is 194 g/mol. The molecule has 0 saturated carbocycles. The second kappa shape index (κ2) is 3.94. The summed E-state index contributed by atoms with van der Waals surface area (Å²) in [5.74, 6) is 0.636. The number of carbonyl (C=O) groups excluding carboxylic acids is 1. The van der Waals surface area contributed by atoms with Gasteiger partial charge in [0.05, 0.1) is 6.54 Å². The average molecular weight is 207 g/mol. The van der Waals surface area contributed by atoms with Crippen molar-refractivity contribution in [3.05, 3.63) is 17.5 Å². The van der Waals surface area contributed by atoms with E-state index in [2.05, 4.69) is 9.97 Å². The highest BCUT2D eigenvalue weighted by Gasteiger charge is 2.24. The van der Waals surface area contributed by atoms with Crippen LogP contribution in [0.1, 0.15) is 11.4 Å². The molecule has 0 N–H and O–H groups in total. The average Bonchev–Trinajstić information content (AvgIpc) is 2.64. The number of carbonyl (C=O) groups is 1. The van der Waals surface area contributed by atoms with Gasteiger partial charge in [0.2, 0.25) is 5.95 Å². The quantitative estimate of drug-likeness (QED) is 0.659. The molecule has 5 nitrogen and oxygen atoms in total. The van der Waals surface area contributed by atoms with E-state index in [4.69, 9.17) is 4.74 Å². The van der Waals surface area contributed by atoms with Gasteiger partial charge < -0.3 is 14.4 Å². The van der Waals surface area contributed by atoms with Crippen LogP contribution in [0.2, 0.25) is 0 Å². The predicted molar refractivity (Wildman–Crippen MR) is 54.7 cm³/mol. The van der Waals surface area contributed by atoms with Crippen molar-refractivity contribution in [2.24, 2.45) is 0 Å². The summed E-state index contributed by atoms with van der Waals surface area (Å²) in [6.07, 6.45) is 0.456. The maximum Gasteiger partial charge on any atom is 0.227 e. The van der Waals surface area contributed by atoms with Gasteiger partial charge >= 0.3 is 0 Å². The first-order valence-electron chi connectivity index (χ1n) is 4.83. The van der Waals surface area contributed by atoms with Crippen LogP contribution in [0.5, 0.6) is 0 Å². The monoisotopic (exact) mass is 207 g/mol. The van der Waals surface area contributed by atoms with Crippen molar-refractivity contribution in [3.63, 3.8) is 0 Å². The lowest BCUT2D eigenvalue weighted by atomic mass is 10.3. The van der Waals surface area contributed by atoms with E-state index in [9.17, 15) is 4.79 Å². The summed E-state index contributed by atoms with van der Waals surface area (Å²) < 4.78 is 5.23. The molecule has 0 spiro atoms. The second-order valence-electron chi connectivity index (χ2n) is 3.64. The normalized spacial score (nSPS) is 20.7. The van der Waals surface area contributed by atoms with Crippen molar-refractivity contribution in [3.8, 4) is 0 Å². The molecule has 15 heavy (non-hydrogen) atoms. The minimum Gasteiger partial charge on any atom is -0.348 e. The zero-order chi connectivity index (χ0) is 10.8. The molecule has 2 heterocycles. The van der Waals surface area contributed by atoms with Crippen LogP contribution < -0.4 is 4.90 Å². The molecule has 80 valence electrons. The van der Waals surface area contributed by atoms with Crippen LogP contribution in [0, 0.1) is 13.8 Å². The van der Waals surface area contributed by atoms with Gasteiger partial charge in [0.15, 0.2) is 6.29 Å². The van der Waals surface area contributed by atoms with E-state index >= 15 is 0 Å². The van der Waals surface area contributed by atoms with Gasteiger partial charge in [-0.25, -0.2) is 9.97 Å². The number of aryl methyl sites for hydroxylation is 2. The van der Waals surface area contributed by atoms with Crippen molar-refractivity contribution in [1.82, 2.24) is 9.97 Å². The maximum atomic E-state index is 10.5. The van der Waals surface area contributed by atoms with Gasteiger partial charge in [-0.3, -0.25) is 0 Å². The minimum atomic E-state index is -0.352. The fourth-order valence-electron chi connectivity index (χ4n) is 1.58. The number of hydrogen-bond acceptors (Lipinski definition) is 5. The minimum absolute atomic E-state index is 0.352. The number of rotatable bonds is 2. The SMILES string of the molecule is Cc1cc(C)nc(N2COC(C=O)C2)n1. The van der Waals surface area contributed by atoms with E-state index in [0.717, 1.165) is 17.7 Å². The molecule has 0 amide bonds. The van der Waals surface area contributed by atoms with Gasteiger partial charge in [-0.05, 0) is 19.9 Å². The third-order valence-electron chi connectivity index (χ3n) is 2.25. The molecule has 1 saturated heterocycles. The van der Waals surface area contributed by atoms with Gasteiger partial charge in [-0.2, -0.15) is 0 Å². The third-order valence-corrected chi connectivity index (χ3v) is 2.25. The number of hydrogen-bond donors (Lipinski definition) is 0. The third kappa shape index (κ3) is 2.12. The van der Waals surface area contributed by atoms with E-state index in [1.807, 2.05) is 24.8 Å². The maximum absolute atomic E-state index is 10.5. The largest absolute Gasteiger partial charge is 0.348 e. The predicted octanol–water partition coefficient (Wildman–Crippen LogP) is 0.455. The van der Waals surface area contributed by atoms with Crippen LogP contribution in [0.3, 0.4) is 0 Å². The van der Waals surface area contributed by atoms with Gasteiger partial charge in [-0.15, -0.1) is 0 Å². The Morgan fingerprint density at radius 3 is 2.67 bits per heavy atom. The van der Waals surface area contributed by atoms with Crippen LogP contribution in [-0.4, -0.2) is 35.6 Å². The van der Waals surface area contributed by atoms with Gasteiger partial charge in [0.25, 0.3) is 0 Å². The number of aromatic nitrogens is 2. The van der Waals surface area contributed by atoms with E-state index in [0.29, 0.717) is 19.2 Å². The number of anilines is 1. The molecule has 1 fully saturated rings. The molecule has 1 atom stereocenters. The number of ether oxygens (including phenoxy) is 1. The smallest absolute Gasteiger partial charge is 0.227 e. The van der Waals surface area contributed by atoms with E-state index < -0.39 is 0 Å². The van der Waals surface area contributed by atoms with Crippen LogP contribution >= 0.6 is 0 Å². The Morgan fingerprint density at radius 1 is 1.47 bits per heavy atom. The van der Waals surface area contributed by atoms with Crippen molar-refractivity contribution in [2.75, 3.05) is 18.2 Å². The molecule has 1 unspecified atom stereocenters.